The number of hydrogen-bond donors (Lipinski definition) is 0. The summed E-state index contributed by atoms with van der Waals surface area (Å²) in [4.78, 5) is 0. The highest BCUT2D eigenvalue weighted by Crippen LogP contribution is 2.13. The van der Waals surface area contributed by atoms with Crippen LogP contribution in [-0.4, -0.2) is 13.2 Å². The van der Waals surface area contributed by atoms with E-state index in [0.29, 0.717) is 5.92 Å². The highest BCUT2D eigenvalue weighted by molar-refractivity contribution is 4.91. The van der Waals surface area contributed by atoms with Gasteiger partial charge in [-0.15, -0.1) is 0 Å². The van der Waals surface area contributed by atoms with Crippen LogP contribution in [0.5, 0.6) is 0 Å². The van der Waals surface area contributed by atoms with Crippen LogP contribution in [0.4, 0.5) is 0 Å². The van der Waals surface area contributed by atoms with E-state index in [4.69, 9.17) is 4.74 Å². The first-order valence-corrected chi connectivity index (χ1v) is 4.67. The molecule has 0 atom stereocenters. The SMILES string of the molecule is CC(C)COC/C=C/C(C)(C)C. The summed E-state index contributed by atoms with van der Waals surface area (Å²) in [6.07, 6.45) is 4.29. The number of rotatable bonds is 4. The van der Waals surface area contributed by atoms with E-state index in [-0.39, 0.29) is 5.41 Å². The summed E-state index contributed by atoms with van der Waals surface area (Å²) >= 11 is 0. The standard InChI is InChI=1S/C11H22O/c1-10(2)9-12-8-6-7-11(3,4)5/h6-7,10H,8-9H2,1-5H3/b7-6+. The molecule has 0 N–H and O–H groups in total. The molecule has 0 rings (SSSR count). The molecule has 0 saturated carbocycles. The van der Waals surface area contributed by atoms with Gasteiger partial charge in [-0.05, 0) is 11.3 Å². The van der Waals surface area contributed by atoms with Crippen LogP contribution in [0.15, 0.2) is 12.2 Å². The van der Waals surface area contributed by atoms with Crippen molar-refractivity contribution in [3.05, 3.63) is 12.2 Å². The first-order valence-electron chi connectivity index (χ1n) is 4.67. The average Bonchev–Trinajstić information content (AvgIpc) is 1.83. The summed E-state index contributed by atoms with van der Waals surface area (Å²) in [5, 5.41) is 0. The van der Waals surface area contributed by atoms with E-state index in [9.17, 15) is 0 Å². The summed E-state index contributed by atoms with van der Waals surface area (Å²) < 4.78 is 5.40. The third kappa shape index (κ3) is 9.70. The van der Waals surface area contributed by atoms with Gasteiger partial charge in [0.25, 0.3) is 0 Å². The second-order valence-corrected chi connectivity index (χ2v) is 4.70. The summed E-state index contributed by atoms with van der Waals surface area (Å²) in [7, 11) is 0. The van der Waals surface area contributed by atoms with Crippen LogP contribution >= 0.6 is 0 Å². The Morgan fingerprint density at radius 3 is 2.25 bits per heavy atom. The Hall–Kier alpha value is -0.300. The van der Waals surface area contributed by atoms with Crippen LogP contribution in [0.3, 0.4) is 0 Å². The van der Waals surface area contributed by atoms with Gasteiger partial charge in [-0.25, -0.2) is 0 Å². The van der Waals surface area contributed by atoms with Gasteiger partial charge in [-0.3, -0.25) is 0 Å². The van der Waals surface area contributed by atoms with Crippen molar-refractivity contribution in [2.45, 2.75) is 34.6 Å². The number of hydrogen-bond acceptors (Lipinski definition) is 1. The van der Waals surface area contributed by atoms with E-state index >= 15 is 0 Å². The van der Waals surface area contributed by atoms with Crippen LogP contribution in [0, 0.1) is 11.3 Å². The Labute approximate surface area is 76.8 Å². The summed E-state index contributed by atoms with van der Waals surface area (Å²) in [5.74, 6) is 0.632. The normalized spacial score (nSPS) is 13.2. The molecule has 0 heterocycles. The van der Waals surface area contributed by atoms with Crippen LogP contribution < -0.4 is 0 Å². The number of ether oxygens (including phenoxy) is 1. The fraction of sp³-hybridized carbons (Fsp3) is 0.818. The van der Waals surface area contributed by atoms with Crippen molar-refractivity contribution in [1.29, 1.82) is 0 Å². The van der Waals surface area contributed by atoms with Crippen molar-refractivity contribution < 1.29 is 4.74 Å². The molecule has 1 nitrogen and oxygen atoms in total. The predicted molar refractivity (Wildman–Crippen MR) is 54.3 cm³/mol. The Bertz CT molecular complexity index is 128. The lowest BCUT2D eigenvalue weighted by Gasteiger charge is -2.11. The van der Waals surface area contributed by atoms with E-state index in [1.165, 1.54) is 0 Å². The van der Waals surface area contributed by atoms with Crippen molar-refractivity contribution in [3.63, 3.8) is 0 Å². The maximum atomic E-state index is 5.40. The molecule has 0 aromatic heterocycles. The Morgan fingerprint density at radius 1 is 1.25 bits per heavy atom. The zero-order chi connectivity index (χ0) is 9.61. The van der Waals surface area contributed by atoms with Crippen molar-refractivity contribution >= 4 is 0 Å². The van der Waals surface area contributed by atoms with Crippen molar-refractivity contribution in [2.75, 3.05) is 13.2 Å². The third-order valence-corrected chi connectivity index (χ3v) is 1.28. The molecule has 0 spiro atoms. The molecule has 0 unspecified atom stereocenters. The molecule has 0 aliphatic heterocycles. The molecule has 0 aliphatic rings. The van der Waals surface area contributed by atoms with Gasteiger partial charge in [0.2, 0.25) is 0 Å². The maximum Gasteiger partial charge on any atom is 0.0647 e. The lowest BCUT2D eigenvalue weighted by atomic mass is 9.96. The van der Waals surface area contributed by atoms with Gasteiger partial charge in [-0.1, -0.05) is 46.8 Å². The quantitative estimate of drug-likeness (QED) is 0.465. The van der Waals surface area contributed by atoms with E-state index < -0.39 is 0 Å². The second kappa shape index (κ2) is 5.36. The first kappa shape index (κ1) is 11.7. The fourth-order valence-electron chi connectivity index (χ4n) is 0.773. The molecule has 0 aromatic carbocycles. The molecule has 12 heavy (non-hydrogen) atoms. The minimum Gasteiger partial charge on any atom is -0.377 e. The van der Waals surface area contributed by atoms with Gasteiger partial charge in [0.15, 0.2) is 0 Å². The number of allylic oxidation sites excluding steroid dienone is 1. The molecule has 0 fully saturated rings. The predicted octanol–water partition coefficient (Wildman–Crippen LogP) is 3.26. The van der Waals surface area contributed by atoms with Crippen molar-refractivity contribution in [3.8, 4) is 0 Å². The lowest BCUT2D eigenvalue weighted by molar-refractivity contribution is 0.134. The Balaban J connectivity index is 3.37. The van der Waals surface area contributed by atoms with Gasteiger partial charge in [-0.2, -0.15) is 0 Å². The van der Waals surface area contributed by atoms with Gasteiger partial charge >= 0.3 is 0 Å². The van der Waals surface area contributed by atoms with Gasteiger partial charge in [0, 0.05) is 6.61 Å². The molecular formula is C11H22O. The smallest absolute Gasteiger partial charge is 0.0647 e. The highest BCUT2D eigenvalue weighted by atomic mass is 16.5. The summed E-state index contributed by atoms with van der Waals surface area (Å²) in [6, 6.07) is 0. The van der Waals surface area contributed by atoms with Gasteiger partial charge in [0.1, 0.15) is 0 Å². The molecule has 0 amide bonds. The Morgan fingerprint density at radius 2 is 1.83 bits per heavy atom. The average molecular weight is 170 g/mol. The monoisotopic (exact) mass is 170 g/mol. The van der Waals surface area contributed by atoms with Crippen LogP contribution in [0.25, 0.3) is 0 Å². The third-order valence-electron chi connectivity index (χ3n) is 1.28. The molecule has 0 aromatic rings. The summed E-state index contributed by atoms with van der Waals surface area (Å²) in [6.45, 7) is 12.5. The minimum absolute atomic E-state index is 0.279. The van der Waals surface area contributed by atoms with E-state index in [2.05, 4.69) is 46.8 Å². The van der Waals surface area contributed by atoms with Crippen molar-refractivity contribution in [1.82, 2.24) is 0 Å². The first-order chi connectivity index (χ1) is 5.42. The highest BCUT2D eigenvalue weighted by Gasteiger charge is 2.02. The molecule has 72 valence electrons. The van der Waals surface area contributed by atoms with E-state index in [1.54, 1.807) is 0 Å². The maximum absolute atomic E-state index is 5.40. The van der Waals surface area contributed by atoms with E-state index in [0.717, 1.165) is 13.2 Å². The molecule has 0 bridgehead atoms. The van der Waals surface area contributed by atoms with Gasteiger partial charge < -0.3 is 4.74 Å². The van der Waals surface area contributed by atoms with Gasteiger partial charge in [0.05, 0.1) is 6.61 Å². The van der Waals surface area contributed by atoms with Crippen LogP contribution in [-0.2, 0) is 4.74 Å². The molecule has 0 radical (unpaired) electrons. The van der Waals surface area contributed by atoms with Crippen LogP contribution in [0.2, 0.25) is 0 Å². The zero-order valence-electron chi connectivity index (χ0n) is 9.05. The topological polar surface area (TPSA) is 9.23 Å². The van der Waals surface area contributed by atoms with Crippen LogP contribution in [0.1, 0.15) is 34.6 Å². The zero-order valence-corrected chi connectivity index (χ0v) is 9.05. The summed E-state index contributed by atoms with van der Waals surface area (Å²) in [5.41, 5.74) is 0.279. The minimum atomic E-state index is 0.279. The second-order valence-electron chi connectivity index (χ2n) is 4.70. The molecule has 0 saturated heterocycles. The molecular weight excluding hydrogens is 148 g/mol. The fourth-order valence-corrected chi connectivity index (χ4v) is 0.773. The largest absolute Gasteiger partial charge is 0.377 e. The van der Waals surface area contributed by atoms with E-state index in [1.807, 2.05) is 0 Å². The molecule has 0 aliphatic carbocycles. The molecule has 1 heteroatoms. The van der Waals surface area contributed by atoms with Crippen molar-refractivity contribution in [2.24, 2.45) is 11.3 Å². The lowest BCUT2D eigenvalue weighted by Crippen LogP contribution is -2.03. The Kier molecular flexibility index (Phi) is 5.23.